The SMILES string of the molecule is O=C(N1CCN(c2ncnc3[nH]cc(Cl)c23)CC1)C1(c2ccc(Cl)cc2)CCNCC1. The lowest BCUT2D eigenvalue weighted by molar-refractivity contribution is -0.139. The second kappa shape index (κ2) is 8.30. The largest absolute Gasteiger partial charge is 0.352 e. The summed E-state index contributed by atoms with van der Waals surface area (Å²) in [5, 5.41) is 5.53. The molecule has 2 saturated heterocycles. The van der Waals surface area contributed by atoms with Gasteiger partial charge in [-0.2, -0.15) is 0 Å². The number of halogens is 2. The average molecular weight is 459 g/mol. The second-order valence-corrected chi connectivity index (χ2v) is 9.02. The lowest BCUT2D eigenvalue weighted by atomic mass is 9.72. The summed E-state index contributed by atoms with van der Waals surface area (Å²) in [6.07, 6.45) is 4.86. The molecule has 9 heteroatoms. The van der Waals surface area contributed by atoms with E-state index < -0.39 is 5.41 Å². The van der Waals surface area contributed by atoms with E-state index in [2.05, 4.69) is 25.2 Å². The van der Waals surface area contributed by atoms with Crippen LogP contribution in [0.3, 0.4) is 0 Å². The monoisotopic (exact) mass is 458 g/mol. The third-order valence-electron chi connectivity index (χ3n) is 6.53. The Morgan fingerprint density at radius 3 is 2.42 bits per heavy atom. The van der Waals surface area contributed by atoms with Crippen molar-refractivity contribution in [3.8, 4) is 0 Å². The molecule has 2 N–H and O–H groups in total. The summed E-state index contributed by atoms with van der Waals surface area (Å²) in [5.74, 6) is 1.03. The molecule has 2 aliphatic heterocycles. The molecular weight excluding hydrogens is 435 g/mol. The molecule has 31 heavy (non-hydrogen) atoms. The zero-order valence-corrected chi connectivity index (χ0v) is 18.6. The number of rotatable bonds is 3. The van der Waals surface area contributed by atoms with E-state index in [4.69, 9.17) is 23.2 Å². The number of hydrogen-bond donors (Lipinski definition) is 2. The minimum absolute atomic E-state index is 0.212. The van der Waals surface area contributed by atoms with E-state index in [1.165, 1.54) is 0 Å². The molecule has 5 rings (SSSR count). The molecular formula is C22H24Cl2N6O. The molecule has 2 aliphatic rings. The summed E-state index contributed by atoms with van der Waals surface area (Å²) >= 11 is 12.5. The molecule has 0 saturated carbocycles. The first kappa shape index (κ1) is 20.5. The van der Waals surface area contributed by atoms with Crippen molar-refractivity contribution in [1.82, 2.24) is 25.2 Å². The van der Waals surface area contributed by atoms with Gasteiger partial charge in [-0.3, -0.25) is 4.79 Å². The molecule has 4 heterocycles. The highest BCUT2D eigenvalue weighted by atomic mass is 35.5. The number of fused-ring (bicyclic) bond motifs is 1. The molecule has 1 amide bonds. The standard InChI is InChI=1S/C22H24Cl2N6O/c23-16-3-1-15(2-4-16)22(5-7-25-8-6-22)21(31)30-11-9-29(10-12-30)20-18-17(24)13-26-19(18)27-14-28-20/h1-4,13-14,25H,5-12H2,(H,26,27,28). The summed E-state index contributed by atoms with van der Waals surface area (Å²) in [7, 11) is 0. The Bertz CT molecular complexity index is 1090. The van der Waals surface area contributed by atoms with Crippen LogP contribution < -0.4 is 10.2 Å². The van der Waals surface area contributed by atoms with E-state index in [0.717, 1.165) is 48.3 Å². The van der Waals surface area contributed by atoms with E-state index in [9.17, 15) is 4.79 Å². The van der Waals surface area contributed by atoms with E-state index in [1.54, 1.807) is 12.5 Å². The number of aromatic nitrogens is 3. The lowest BCUT2D eigenvalue weighted by Gasteiger charge is -2.43. The Hall–Kier alpha value is -2.35. The number of carbonyl (C=O) groups excluding carboxylic acids is 1. The average Bonchev–Trinajstić information content (AvgIpc) is 3.21. The molecule has 0 aliphatic carbocycles. The first-order valence-electron chi connectivity index (χ1n) is 10.6. The predicted molar refractivity (Wildman–Crippen MR) is 123 cm³/mol. The number of carbonyl (C=O) groups is 1. The number of benzene rings is 1. The van der Waals surface area contributed by atoms with Crippen molar-refractivity contribution in [2.24, 2.45) is 0 Å². The molecule has 0 spiro atoms. The third kappa shape index (κ3) is 3.64. The van der Waals surface area contributed by atoms with Gasteiger partial charge in [-0.15, -0.1) is 0 Å². The number of hydrogen-bond acceptors (Lipinski definition) is 5. The molecule has 1 aromatic carbocycles. The van der Waals surface area contributed by atoms with Gasteiger partial charge < -0.3 is 20.1 Å². The Kier molecular flexibility index (Phi) is 5.50. The van der Waals surface area contributed by atoms with Crippen LogP contribution in [0.4, 0.5) is 5.82 Å². The first-order chi connectivity index (χ1) is 15.1. The highest BCUT2D eigenvalue weighted by Gasteiger charge is 2.44. The van der Waals surface area contributed by atoms with Crippen LogP contribution in [-0.4, -0.2) is 65.0 Å². The van der Waals surface area contributed by atoms with Crippen LogP contribution in [-0.2, 0) is 10.2 Å². The Morgan fingerprint density at radius 1 is 1.00 bits per heavy atom. The molecule has 3 aromatic rings. The van der Waals surface area contributed by atoms with Gasteiger partial charge in [-0.1, -0.05) is 35.3 Å². The summed E-state index contributed by atoms with van der Waals surface area (Å²) in [6, 6.07) is 7.78. The maximum absolute atomic E-state index is 13.8. The van der Waals surface area contributed by atoms with Gasteiger partial charge in [-0.25, -0.2) is 9.97 Å². The van der Waals surface area contributed by atoms with Crippen molar-refractivity contribution in [3.63, 3.8) is 0 Å². The zero-order chi connectivity index (χ0) is 21.4. The quantitative estimate of drug-likeness (QED) is 0.629. The maximum atomic E-state index is 13.8. The minimum Gasteiger partial charge on any atom is -0.352 e. The van der Waals surface area contributed by atoms with Gasteiger partial charge in [0.25, 0.3) is 0 Å². The number of anilines is 1. The first-order valence-corrected chi connectivity index (χ1v) is 11.3. The Morgan fingerprint density at radius 2 is 1.71 bits per heavy atom. The number of H-pyrrole nitrogens is 1. The minimum atomic E-state index is -0.496. The summed E-state index contributed by atoms with van der Waals surface area (Å²) < 4.78 is 0. The third-order valence-corrected chi connectivity index (χ3v) is 7.08. The Balaban J connectivity index is 1.37. The fourth-order valence-electron chi connectivity index (χ4n) is 4.82. The van der Waals surface area contributed by atoms with E-state index in [1.807, 2.05) is 29.2 Å². The van der Waals surface area contributed by atoms with Crippen LogP contribution in [0.5, 0.6) is 0 Å². The molecule has 7 nitrogen and oxygen atoms in total. The summed E-state index contributed by atoms with van der Waals surface area (Å²) in [5.41, 5.74) is 1.29. The van der Waals surface area contributed by atoms with Gasteiger partial charge in [0.1, 0.15) is 17.8 Å². The Labute approximate surface area is 190 Å². The normalized spacial score (nSPS) is 19.0. The topological polar surface area (TPSA) is 77.2 Å². The molecule has 2 fully saturated rings. The van der Waals surface area contributed by atoms with Crippen LogP contribution in [0.1, 0.15) is 18.4 Å². The lowest BCUT2D eigenvalue weighted by Crippen LogP contribution is -2.57. The van der Waals surface area contributed by atoms with Gasteiger partial charge in [0, 0.05) is 37.4 Å². The molecule has 0 radical (unpaired) electrons. The highest BCUT2D eigenvalue weighted by Crippen LogP contribution is 2.37. The number of nitrogens with one attached hydrogen (secondary N) is 2. The van der Waals surface area contributed by atoms with Gasteiger partial charge in [0.2, 0.25) is 5.91 Å². The number of amides is 1. The van der Waals surface area contributed by atoms with Crippen molar-refractivity contribution in [2.75, 3.05) is 44.2 Å². The van der Waals surface area contributed by atoms with Crippen molar-refractivity contribution >= 4 is 46.0 Å². The van der Waals surface area contributed by atoms with Crippen LogP contribution in [0.15, 0.2) is 36.8 Å². The van der Waals surface area contributed by atoms with E-state index in [0.29, 0.717) is 36.2 Å². The number of nitrogens with zero attached hydrogens (tertiary/aromatic N) is 4. The summed E-state index contributed by atoms with van der Waals surface area (Å²) in [4.78, 5) is 29.8. The van der Waals surface area contributed by atoms with Crippen molar-refractivity contribution < 1.29 is 4.79 Å². The van der Waals surface area contributed by atoms with Gasteiger partial charge in [0.05, 0.1) is 15.8 Å². The van der Waals surface area contributed by atoms with E-state index >= 15 is 0 Å². The van der Waals surface area contributed by atoms with Crippen LogP contribution in [0.2, 0.25) is 10.0 Å². The highest BCUT2D eigenvalue weighted by molar-refractivity contribution is 6.36. The smallest absolute Gasteiger partial charge is 0.233 e. The molecule has 0 atom stereocenters. The molecule has 0 unspecified atom stereocenters. The zero-order valence-electron chi connectivity index (χ0n) is 17.1. The number of aromatic amines is 1. The summed E-state index contributed by atoms with van der Waals surface area (Å²) in [6.45, 7) is 4.37. The van der Waals surface area contributed by atoms with Crippen LogP contribution in [0, 0.1) is 0 Å². The van der Waals surface area contributed by atoms with Crippen LogP contribution >= 0.6 is 23.2 Å². The van der Waals surface area contributed by atoms with E-state index in [-0.39, 0.29) is 5.91 Å². The molecule has 162 valence electrons. The van der Waals surface area contributed by atoms with Gasteiger partial charge >= 0.3 is 0 Å². The van der Waals surface area contributed by atoms with Crippen molar-refractivity contribution in [2.45, 2.75) is 18.3 Å². The molecule has 2 aromatic heterocycles. The van der Waals surface area contributed by atoms with Gasteiger partial charge in [0.15, 0.2) is 0 Å². The number of piperidine rings is 1. The number of piperazine rings is 1. The van der Waals surface area contributed by atoms with Crippen molar-refractivity contribution in [1.29, 1.82) is 0 Å². The fraction of sp³-hybridized carbons (Fsp3) is 0.409. The maximum Gasteiger partial charge on any atom is 0.233 e. The molecule has 0 bridgehead atoms. The van der Waals surface area contributed by atoms with Gasteiger partial charge in [-0.05, 0) is 43.6 Å². The van der Waals surface area contributed by atoms with Crippen molar-refractivity contribution in [3.05, 3.63) is 52.4 Å². The second-order valence-electron chi connectivity index (χ2n) is 8.18. The fourth-order valence-corrected chi connectivity index (χ4v) is 5.18. The van der Waals surface area contributed by atoms with Crippen LogP contribution in [0.25, 0.3) is 11.0 Å². The predicted octanol–water partition coefficient (Wildman–Crippen LogP) is 3.23.